The summed E-state index contributed by atoms with van der Waals surface area (Å²) in [5, 5.41) is 0.631. The standard InChI is InChI=1S/C30H39N5O6S2.ClH/c1-4-41-30(37)33-14-16-34(17-15-33)43(38,39)25-9-7-24(8-10-25)28(36)35(13-5-12-32-18-20-40-21-19-32)29-31-27-23(3)22(2)6-11-26(27)42-29;/h6-11H,4-5,12-21H2,1-3H3;1H. The molecule has 0 atom stereocenters. The molecule has 0 radical (unpaired) electrons. The minimum atomic E-state index is -3.79. The Kier molecular flexibility index (Phi) is 11.6. The van der Waals surface area contributed by atoms with Gasteiger partial charge in [0.2, 0.25) is 10.0 Å². The quantitative estimate of drug-likeness (QED) is 0.335. The average Bonchev–Trinajstić information content (AvgIpc) is 3.46. The van der Waals surface area contributed by atoms with E-state index >= 15 is 0 Å². The number of thiazole rings is 1. The van der Waals surface area contributed by atoms with Gasteiger partial charge in [-0.3, -0.25) is 14.6 Å². The lowest BCUT2D eigenvalue weighted by molar-refractivity contribution is 0.0376. The third-order valence-electron chi connectivity index (χ3n) is 8.01. The zero-order chi connectivity index (χ0) is 30.6. The number of benzene rings is 2. The normalized spacial score (nSPS) is 16.5. The van der Waals surface area contributed by atoms with E-state index in [1.165, 1.54) is 32.7 Å². The van der Waals surface area contributed by atoms with Crippen LogP contribution in [0.15, 0.2) is 41.3 Å². The number of piperazine rings is 1. The van der Waals surface area contributed by atoms with Crippen molar-refractivity contribution in [3.05, 3.63) is 53.1 Å². The van der Waals surface area contributed by atoms with E-state index in [1.54, 1.807) is 24.0 Å². The van der Waals surface area contributed by atoms with Crippen molar-refractivity contribution in [2.45, 2.75) is 32.1 Å². The van der Waals surface area contributed by atoms with Crippen LogP contribution in [0, 0.1) is 13.8 Å². The smallest absolute Gasteiger partial charge is 0.409 e. The summed E-state index contributed by atoms with van der Waals surface area (Å²) in [4.78, 5) is 36.5. The predicted octanol–water partition coefficient (Wildman–Crippen LogP) is 4.17. The van der Waals surface area contributed by atoms with Crippen LogP contribution in [0.25, 0.3) is 10.2 Å². The summed E-state index contributed by atoms with van der Waals surface area (Å²) in [5.41, 5.74) is 3.53. The highest BCUT2D eigenvalue weighted by Crippen LogP contribution is 2.33. The molecule has 1 aromatic heterocycles. The zero-order valence-electron chi connectivity index (χ0n) is 25.4. The molecular weight excluding hydrogens is 626 g/mol. The number of fused-ring (bicyclic) bond motifs is 1. The van der Waals surface area contributed by atoms with E-state index in [0.29, 0.717) is 17.2 Å². The van der Waals surface area contributed by atoms with E-state index in [2.05, 4.69) is 17.9 Å². The summed E-state index contributed by atoms with van der Waals surface area (Å²) in [7, 11) is -3.79. The first-order valence-electron chi connectivity index (χ1n) is 14.7. The fourth-order valence-electron chi connectivity index (χ4n) is 5.29. The van der Waals surface area contributed by atoms with E-state index in [9.17, 15) is 18.0 Å². The van der Waals surface area contributed by atoms with Gasteiger partial charge in [-0.1, -0.05) is 17.4 Å². The molecule has 14 heteroatoms. The van der Waals surface area contributed by atoms with Gasteiger partial charge in [0, 0.05) is 57.9 Å². The Bertz CT molecular complexity index is 1550. The Morgan fingerprint density at radius 1 is 1.00 bits per heavy atom. The lowest BCUT2D eigenvalue weighted by atomic mass is 10.1. The van der Waals surface area contributed by atoms with Crippen molar-refractivity contribution < 1.29 is 27.5 Å². The Balaban J connectivity index is 0.00000442. The highest BCUT2D eigenvalue weighted by molar-refractivity contribution is 7.89. The Labute approximate surface area is 269 Å². The fraction of sp³-hybridized carbons (Fsp3) is 0.500. The van der Waals surface area contributed by atoms with E-state index in [0.717, 1.165) is 60.6 Å². The van der Waals surface area contributed by atoms with Gasteiger partial charge < -0.3 is 14.4 Å². The number of hydrogen-bond donors (Lipinski definition) is 0. The number of amides is 2. The summed E-state index contributed by atoms with van der Waals surface area (Å²) < 4.78 is 39.6. The number of morpholine rings is 1. The predicted molar refractivity (Wildman–Crippen MR) is 174 cm³/mol. The first kappa shape index (κ1) is 34.1. The maximum atomic E-state index is 13.9. The molecule has 0 unspecified atom stereocenters. The van der Waals surface area contributed by atoms with Gasteiger partial charge in [-0.05, 0) is 68.7 Å². The number of sulfonamides is 1. The lowest BCUT2D eigenvalue weighted by Gasteiger charge is -2.33. The lowest BCUT2D eigenvalue weighted by Crippen LogP contribution is -2.50. The molecule has 2 fully saturated rings. The summed E-state index contributed by atoms with van der Waals surface area (Å²) in [6.45, 7) is 11.5. The molecular formula is C30H40ClN5O6S2. The van der Waals surface area contributed by atoms with E-state index in [4.69, 9.17) is 14.5 Å². The second kappa shape index (κ2) is 15.0. The van der Waals surface area contributed by atoms with Crippen molar-refractivity contribution in [1.82, 2.24) is 19.1 Å². The third kappa shape index (κ3) is 7.52. The molecule has 240 valence electrons. The van der Waals surface area contributed by atoms with Crippen molar-refractivity contribution >= 4 is 61.1 Å². The Morgan fingerprint density at radius 3 is 2.34 bits per heavy atom. The van der Waals surface area contributed by atoms with Crippen molar-refractivity contribution in [3.8, 4) is 0 Å². The highest BCUT2D eigenvalue weighted by atomic mass is 35.5. The van der Waals surface area contributed by atoms with Crippen LogP contribution < -0.4 is 4.90 Å². The number of carbonyl (C=O) groups is 2. The van der Waals surface area contributed by atoms with Crippen LogP contribution in [0.4, 0.5) is 9.93 Å². The highest BCUT2D eigenvalue weighted by Gasteiger charge is 2.31. The van der Waals surface area contributed by atoms with Gasteiger partial charge in [0.25, 0.3) is 5.91 Å². The van der Waals surface area contributed by atoms with E-state index in [-0.39, 0.29) is 56.0 Å². The monoisotopic (exact) mass is 665 g/mol. The maximum Gasteiger partial charge on any atom is 0.409 e. The van der Waals surface area contributed by atoms with Crippen molar-refractivity contribution in [1.29, 1.82) is 0 Å². The van der Waals surface area contributed by atoms with Gasteiger partial charge in [-0.2, -0.15) is 4.31 Å². The molecule has 0 bridgehead atoms. The molecule has 0 N–H and O–H groups in total. The first-order valence-corrected chi connectivity index (χ1v) is 17.0. The molecule has 3 aromatic rings. The van der Waals surface area contributed by atoms with Crippen molar-refractivity contribution in [3.63, 3.8) is 0 Å². The first-order chi connectivity index (χ1) is 20.7. The van der Waals surface area contributed by atoms with Crippen LogP contribution in [0.5, 0.6) is 0 Å². The van der Waals surface area contributed by atoms with Crippen LogP contribution in [0.1, 0.15) is 34.8 Å². The van der Waals surface area contributed by atoms with Crippen LogP contribution in [-0.2, 0) is 19.5 Å². The molecule has 2 amide bonds. The maximum absolute atomic E-state index is 13.9. The summed E-state index contributed by atoms with van der Waals surface area (Å²) >= 11 is 1.49. The number of carbonyl (C=O) groups excluding carboxylic acids is 2. The topological polar surface area (TPSA) is 113 Å². The van der Waals surface area contributed by atoms with Gasteiger partial charge in [-0.25, -0.2) is 18.2 Å². The van der Waals surface area contributed by atoms with Gasteiger partial charge in [0.1, 0.15) is 0 Å². The van der Waals surface area contributed by atoms with Crippen LogP contribution in [-0.4, -0.2) is 112 Å². The molecule has 5 rings (SSSR count). The van der Waals surface area contributed by atoms with Crippen molar-refractivity contribution in [2.75, 3.05) is 77.1 Å². The number of nitrogens with zero attached hydrogens (tertiary/aromatic N) is 5. The summed E-state index contributed by atoms with van der Waals surface area (Å²) in [5.74, 6) is -0.220. The average molecular weight is 666 g/mol. The van der Waals surface area contributed by atoms with Crippen LogP contribution >= 0.6 is 23.7 Å². The molecule has 2 saturated heterocycles. The van der Waals surface area contributed by atoms with Crippen LogP contribution in [0.3, 0.4) is 0 Å². The number of ether oxygens (including phenoxy) is 2. The van der Waals surface area contributed by atoms with Crippen LogP contribution in [0.2, 0.25) is 0 Å². The molecule has 0 spiro atoms. The van der Waals surface area contributed by atoms with Gasteiger partial charge in [0.15, 0.2) is 5.13 Å². The number of rotatable bonds is 9. The molecule has 2 aliphatic rings. The van der Waals surface area contributed by atoms with Crippen molar-refractivity contribution in [2.24, 2.45) is 0 Å². The molecule has 0 saturated carbocycles. The van der Waals surface area contributed by atoms with Gasteiger partial charge in [-0.15, -0.1) is 12.4 Å². The molecule has 3 heterocycles. The summed E-state index contributed by atoms with van der Waals surface area (Å²) in [6, 6.07) is 10.2. The Morgan fingerprint density at radius 2 is 1.68 bits per heavy atom. The minimum absolute atomic E-state index is 0. The second-order valence-corrected chi connectivity index (χ2v) is 13.7. The van der Waals surface area contributed by atoms with Gasteiger partial charge in [0.05, 0.1) is 34.9 Å². The molecule has 2 aromatic carbocycles. The summed E-state index contributed by atoms with van der Waals surface area (Å²) in [6.07, 6.45) is 0.333. The second-order valence-electron chi connectivity index (χ2n) is 10.7. The van der Waals surface area contributed by atoms with E-state index < -0.39 is 16.1 Å². The Hall–Kier alpha value is -2.81. The molecule has 2 aliphatic heterocycles. The number of aryl methyl sites for hydroxylation is 2. The number of halogens is 1. The number of aromatic nitrogens is 1. The number of anilines is 1. The molecule has 44 heavy (non-hydrogen) atoms. The molecule has 0 aliphatic carbocycles. The SMILES string of the molecule is CCOC(=O)N1CCN(S(=O)(=O)c2ccc(C(=O)N(CCCN3CCOCC3)c3nc4c(C)c(C)ccc4s3)cc2)CC1.Cl. The fourth-order valence-corrected chi connectivity index (χ4v) is 7.76. The van der Waals surface area contributed by atoms with E-state index in [1.807, 2.05) is 13.0 Å². The van der Waals surface area contributed by atoms with Gasteiger partial charge >= 0.3 is 6.09 Å². The minimum Gasteiger partial charge on any atom is -0.450 e. The molecule has 11 nitrogen and oxygen atoms in total. The zero-order valence-corrected chi connectivity index (χ0v) is 27.8. The third-order valence-corrected chi connectivity index (χ3v) is 11.0. The number of hydrogen-bond acceptors (Lipinski definition) is 9. The largest absolute Gasteiger partial charge is 0.450 e.